The molecule has 0 saturated carbocycles. The Balaban J connectivity index is 0.787. The molecular weight excluding hydrogens is 760 g/mol. The third-order valence-electron chi connectivity index (χ3n) is 11.4. The molecule has 0 aliphatic carbocycles. The van der Waals surface area contributed by atoms with E-state index >= 15 is 0 Å². The first-order valence-electron chi connectivity index (χ1n) is 22.7. The minimum atomic E-state index is -2.13. The van der Waals surface area contributed by atoms with E-state index in [1.807, 2.05) is 24.5 Å². The second kappa shape index (κ2) is 26.8. The molecule has 0 fully saturated rings. The fraction of sp³-hybridized carbons (Fsp3) is 0.423. The first kappa shape index (κ1) is 45.2. The number of aryl methyl sites for hydroxylation is 4. The number of benzene rings is 4. The summed E-state index contributed by atoms with van der Waals surface area (Å²) in [4.78, 5) is 9.50. The molecule has 0 aliphatic rings. The molecule has 0 radical (unpaired) electrons. The van der Waals surface area contributed by atoms with Crippen molar-refractivity contribution in [2.75, 3.05) is 26.3 Å². The van der Waals surface area contributed by atoms with E-state index in [-0.39, 0.29) is 0 Å². The number of nitrogens with zero attached hydrogens (tertiary/aromatic N) is 2. The quantitative estimate of drug-likeness (QED) is 0.0345. The Morgan fingerprint density at radius 1 is 0.417 bits per heavy atom. The summed E-state index contributed by atoms with van der Waals surface area (Å²) in [5.41, 5.74) is 10.2. The van der Waals surface area contributed by atoms with Crippen molar-refractivity contribution in [3.05, 3.63) is 155 Å². The lowest BCUT2D eigenvalue weighted by Crippen LogP contribution is -2.17. The molecule has 2 aromatic heterocycles. The average Bonchev–Trinajstić information content (AvgIpc) is 3.29. The summed E-state index contributed by atoms with van der Waals surface area (Å²) in [6.45, 7) is 3.75. The predicted octanol–water partition coefficient (Wildman–Crippen LogP) is 12.6. The van der Waals surface area contributed by atoms with Gasteiger partial charge in [-0.15, -0.1) is 9.05 Å². The van der Waals surface area contributed by atoms with Gasteiger partial charge in [-0.25, -0.2) is 0 Å². The van der Waals surface area contributed by atoms with Crippen molar-refractivity contribution in [2.24, 2.45) is 0 Å². The van der Waals surface area contributed by atoms with Crippen LogP contribution in [0.3, 0.4) is 0 Å². The Morgan fingerprint density at radius 3 is 1.27 bits per heavy atom. The summed E-state index contributed by atoms with van der Waals surface area (Å²) in [5.74, 6) is 0. The number of aromatic nitrogens is 2. The smallest absolute Gasteiger partial charge is 0.313 e. The van der Waals surface area contributed by atoms with Gasteiger partial charge in [-0.05, 0) is 123 Å². The molecule has 60 heavy (non-hydrogen) atoms. The standard InChI is InChI=1S/C52H66N4O3P/c57-60(58-39-19-35-53-41-47-33-31-45(49-29-17-37-55-51(47)49)27-15-5-1-3-9-21-43-23-11-7-12-24-43)59-40-20-36-54-42-48-34-32-46(50-30-18-38-56-52(48)50)28-16-6-2-4-10-22-44-25-13-8-14-26-44/h7-8,11-14,17-18,23-26,29-34,37-38,53-54H,1-6,9-10,15-16,19-22,27-28,35-36,39-42H2/q+1. The van der Waals surface area contributed by atoms with E-state index in [2.05, 4.69) is 108 Å². The predicted molar refractivity (Wildman–Crippen MR) is 250 cm³/mol. The molecular formula is C52H66N4O3P+. The van der Waals surface area contributed by atoms with Gasteiger partial charge < -0.3 is 10.6 Å². The van der Waals surface area contributed by atoms with Gasteiger partial charge in [0.1, 0.15) is 13.2 Å². The van der Waals surface area contributed by atoms with E-state index in [0.717, 1.165) is 62.9 Å². The number of pyridine rings is 2. The van der Waals surface area contributed by atoms with Crippen LogP contribution in [0.15, 0.2) is 122 Å². The summed E-state index contributed by atoms with van der Waals surface area (Å²) in [7, 11) is -2.13. The maximum Gasteiger partial charge on any atom is 0.697 e. The fourth-order valence-corrected chi connectivity index (χ4v) is 8.73. The number of fused-ring (bicyclic) bond motifs is 2. The van der Waals surface area contributed by atoms with Crippen LogP contribution in [0.2, 0.25) is 0 Å². The molecule has 0 spiro atoms. The van der Waals surface area contributed by atoms with Crippen LogP contribution in [0.25, 0.3) is 21.8 Å². The maximum absolute atomic E-state index is 12.3. The van der Waals surface area contributed by atoms with Crippen molar-refractivity contribution in [3.8, 4) is 0 Å². The average molecular weight is 826 g/mol. The zero-order chi connectivity index (χ0) is 41.3. The van der Waals surface area contributed by atoms with Gasteiger partial charge in [0.15, 0.2) is 0 Å². The molecule has 2 N–H and O–H groups in total. The summed E-state index contributed by atoms with van der Waals surface area (Å²) in [6.07, 6.45) is 22.4. The number of hydrogen-bond acceptors (Lipinski definition) is 7. The van der Waals surface area contributed by atoms with E-state index in [4.69, 9.17) is 19.0 Å². The first-order chi connectivity index (χ1) is 29.7. The van der Waals surface area contributed by atoms with Gasteiger partial charge in [-0.2, -0.15) is 0 Å². The van der Waals surface area contributed by atoms with Gasteiger partial charge in [0.05, 0.1) is 11.0 Å². The molecule has 316 valence electrons. The van der Waals surface area contributed by atoms with Crippen LogP contribution >= 0.6 is 8.25 Å². The molecule has 0 amide bonds. The Hall–Kier alpha value is -4.36. The second-order valence-corrected chi connectivity index (χ2v) is 17.0. The molecule has 4 aromatic carbocycles. The van der Waals surface area contributed by atoms with E-state index in [1.165, 1.54) is 121 Å². The zero-order valence-electron chi connectivity index (χ0n) is 35.7. The lowest BCUT2D eigenvalue weighted by Gasteiger charge is -2.11. The summed E-state index contributed by atoms with van der Waals surface area (Å²) in [6, 6.07) is 39.1. The van der Waals surface area contributed by atoms with Crippen LogP contribution in [0.5, 0.6) is 0 Å². The van der Waals surface area contributed by atoms with Gasteiger partial charge in [0, 0.05) is 40.8 Å². The Labute approximate surface area is 360 Å². The van der Waals surface area contributed by atoms with Crippen LogP contribution in [0.1, 0.15) is 110 Å². The summed E-state index contributed by atoms with van der Waals surface area (Å²) >= 11 is 0. The minimum Gasteiger partial charge on any atom is -0.313 e. The Bertz CT molecular complexity index is 1980. The molecule has 7 nitrogen and oxygen atoms in total. The van der Waals surface area contributed by atoms with Crippen LogP contribution in [0.4, 0.5) is 0 Å². The molecule has 2 heterocycles. The van der Waals surface area contributed by atoms with Crippen molar-refractivity contribution in [3.63, 3.8) is 0 Å². The number of nitrogens with one attached hydrogen (secondary N) is 2. The zero-order valence-corrected chi connectivity index (χ0v) is 36.6. The fourth-order valence-electron chi connectivity index (χ4n) is 8.10. The SMILES string of the molecule is O=[P+](OCCCNCc1ccc(CCCCCCCc2ccccc2)c2cccnc12)OCCCNCc1ccc(CCCCCCCc2ccccc2)c2cccnc12. The van der Waals surface area contributed by atoms with Crippen LogP contribution in [-0.2, 0) is 52.4 Å². The molecule has 0 saturated heterocycles. The van der Waals surface area contributed by atoms with E-state index in [1.54, 1.807) is 0 Å². The highest BCUT2D eigenvalue weighted by Crippen LogP contribution is 2.26. The Morgan fingerprint density at radius 2 is 0.817 bits per heavy atom. The van der Waals surface area contributed by atoms with Gasteiger partial charge >= 0.3 is 8.25 Å². The van der Waals surface area contributed by atoms with Crippen molar-refractivity contribution < 1.29 is 13.6 Å². The number of rotatable bonds is 30. The molecule has 0 bridgehead atoms. The van der Waals surface area contributed by atoms with E-state index < -0.39 is 8.25 Å². The van der Waals surface area contributed by atoms with E-state index in [9.17, 15) is 4.57 Å². The maximum atomic E-state index is 12.3. The highest BCUT2D eigenvalue weighted by Gasteiger charge is 2.19. The number of hydrogen-bond donors (Lipinski definition) is 2. The molecule has 6 rings (SSSR count). The molecule has 8 heteroatoms. The van der Waals surface area contributed by atoms with Crippen LogP contribution in [0, 0.1) is 0 Å². The van der Waals surface area contributed by atoms with Crippen LogP contribution < -0.4 is 10.6 Å². The van der Waals surface area contributed by atoms with Gasteiger partial charge in [0.25, 0.3) is 0 Å². The lowest BCUT2D eigenvalue weighted by molar-refractivity contribution is 0.220. The molecule has 6 aromatic rings. The summed E-state index contributed by atoms with van der Waals surface area (Å²) < 4.78 is 23.3. The lowest BCUT2D eigenvalue weighted by atomic mass is 9.98. The number of unbranched alkanes of at least 4 members (excludes halogenated alkanes) is 8. The summed E-state index contributed by atoms with van der Waals surface area (Å²) in [5, 5.41) is 9.55. The van der Waals surface area contributed by atoms with Crippen molar-refractivity contribution in [1.82, 2.24) is 20.6 Å². The normalized spacial score (nSPS) is 11.5. The Kier molecular flexibility index (Phi) is 20.2. The van der Waals surface area contributed by atoms with Crippen LogP contribution in [-0.4, -0.2) is 36.3 Å². The second-order valence-electron chi connectivity index (χ2n) is 16.0. The largest absolute Gasteiger partial charge is 0.697 e. The van der Waals surface area contributed by atoms with Crippen molar-refractivity contribution in [2.45, 2.75) is 116 Å². The molecule has 0 atom stereocenters. The highest BCUT2D eigenvalue weighted by molar-refractivity contribution is 7.33. The topological polar surface area (TPSA) is 85.4 Å². The third-order valence-corrected chi connectivity index (χ3v) is 12.2. The highest BCUT2D eigenvalue weighted by atomic mass is 31.1. The molecule has 0 aliphatic heterocycles. The van der Waals surface area contributed by atoms with Gasteiger partial charge in [-0.3, -0.25) is 9.97 Å². The third kappa shape index (κ3) is 15.6. The monoisotopic (exact) mass is 825 g/mol. The van der Waals surface area contributed by atoms with Crippen molar-refractivity contribution >= 4 is 30.1 Å². The van der Waals surface area contributed by atoms with Gasteiger partial charge in [-0.1, -0.05) is 136 Å². The first-order valence-corrected chi connectivity index (χ1v) is 23.8. The van der Waals surface area contributed by atoms with Crippen molar-refractivity contribution in [1.29, 1.82) is 0 Å². The van der Waals surface area contributed by atoms with E-state index in [0.29, 0.717) is 13.2 Å². The minimum absolute atomic E-state index is 0.384. The van der Waals surface area contributed by atoms with Gasteiger partial charge in [0.2, 0.25) is 0 Å². The molecule has 0 unspecified atom stereocenters.